The van der Waals surface area contributed by atoms with Gasteiger partial charge in [0.15, 0.2) is 0 Å². The fourth-order valence-electron chi connectivity index (χ4n) is 1.54. The molecule has 1 aliphatic rings. The van der Waals surface area contributed by atoms with Crippen LogP contribution < -0.4 is 11.5 Å². The second-order valence-corrected chi connectivity index (χ2v) is 3.50. The van der Waals surface area contributed by atoms with Crippen LogP contribution >= 0.6 is 0 Å². The number of carbonyl (C=O) groups is 1. The highest BCUT2D eigenvalue weighted by Gasteiger charge is 2.41. The Morgan fingerprint density at radius 1 is 1.64 bits per heavy atom. The van der Waals surface area contributed by atoms with Crippen molar-refractivity contribution in [3.05, 3.63) is 0 Å². The van der Waals surface area contributed by atoms with Gasteiger partial charge in [0.05, 0.1) is 0 Å². The Bertz CT molecular complexity index is 165. The SMILES string of the molecule is CCC(N)(CC(N)=O)C1CC1. The van der Waals surface area contributed by atoms with Gasteiger partial charge in [0.2, 0.25) is 5.91 Å². The highest BCUT2D eigenvalue weighted by atomic mass is 16.1. The van der Waals surface area contributed by atoms with E-state index in [1.54, 1.807) is 0 Å². The van der Waals surface area contributed by atoms with E-state index in [-0.39, 0.29) is 11.4 Å². The summed E-state index contributed by atoms with van der Waals surface area (Å²) in [6.07, 6.45) is 3.52. The van der Waals surface area contributed by atoms with E-state index >= 15 is 0 Å². The molecule has 0 saturated heterocycles. The highest BCUT2D eigenvalue weighted by Crippen LogP contribution is 2.41. The zero-order valence-electron chi connectivity index (χ0n) is 6.97. The van der Waals surface area contributed by atoms with Gasteiger partial charge in [-0.3, -0.25) is 4.79 Å². The van der Waals surface area contributed by atoms with Crippen LogP contribution in [0.4, 0.5) is 0 Å². The molecule has 4 N–H and O–H groups in total. The standard InChI is InChI=1S/C8H16N2O/c1-2-8(10,5-7(9)11)6-3-4-6/h6H,2-5,10H2,1H3,(H2,9,11). The Labute approximate surface area is 67.1 Å². The van der Waals surface area contributed by atoms with Crippen LogP contribution in [0.25, 0.3) is 0 Å². The molecule has 0 heterocycles. The lowest BCUT2D eigenvalue weighted by Gasteiger charge is -2.26. The summed E-state index contributed by atoms with van der Waals surface area (Å²) >= 11 is 0. The van der Waals surface area contributed by atoms with Crippen LogP contribution in [0.15, 0.2) is 0 Å². The van der Waals surface area contributed by atoms with Gasteiger partial charge in [0.25, 0.3) is 0 Å². The molecule has 1 rings (SSSR count). The van der Waals surface area contributed by atoms with Crippen LogP contribution in [0.3, 0.4) is 0 Å². The average molecular weight is 156 g/mol. The van der Waals surface area contributed by atoms with Gasteiger partial charge >= 0.3 is 0 Å². The van der Waals surface area contributed by atoms with Crippen LogP contribution in [0.2, 0.25) is 0 Å². The molecule has 0 aromatic heterocycles. The molecule has 0 spiro atoms. The summed E-state index contributed by atoms with van der Waals surface area (Å²) in [4.78, 5) is 10.6. The molecule has 0 aliphatic heterocycles. The van der Waals surface area contributed by atoms with Gasteiger partial charge in [-0.05, 0) is 25.2 Å². The molecule has 1 atom stereocenters. The van der Waals surface area contributed by atoms with Gasteiger partial charge in [0, 0.05) is 12.0 Å². The highest BCUT2D eigenvalue weighted by molar-refractivity contribution is 5.75. The maximum Gasteiger partial charge on any atom is 0.219 e. The number of amides is 1. The summed E-state index contributed by atoms with van der Waals surface area (Å²) < 4.78 is 0. The van der Waals surface area contributed by atoms with Crippen LogP contribution in [-0.2, 0) is 4.79 Å². The van der Waals surface area contributed by atoms with Gasteiger partial charge < -0.3 is 11.5 Å². The van der Waals surface area contributed by atoms with Crippen LogP contribution in [-0.4, -0.2) is 11.4 Å². The van der Waals surface area contributed by atoms with Crippen molar-refractivity contribution < 1.29 is 4.79 Å². The van der Waals surface area contributed by atoms with E-state index in [0.29, 0.717) is 12.3 Å². The second kappa shape index (κ2) is 2.81. The number of hydrogen-bond acceptors (Lipinski definition) is 2. The van der Waals surface area contributed by atoms with Gasteiger partial charge in [-0.2, -0.15) is 0 Å². The quantitative estimate of drug-likeness (QED) is 0.617. The molecule has 1 aliphatic carbocycles. The third kappa shape index (κ3) is 1.93. The van der Waals surface area contributed by atoms with E-state index in [4.69, 9.17) is 11.5 Å². The number of nitrogens with two attached hydrogens (primary N) is 2. The first-order chi connectivity index (χ1) is 5.08. The number of carbonyl (C=O) groups excluding carboxylic acids is 1. The minimum absolute atomic E-state index is 0.277. The molecule has 0 radical (unpaired) electrons. The molecular formula is C8H16N2O. The molecule has 11 heavy (non-hydrogen) atoms. The van der Waals surface area contributed by atoms with Crippen molar-refractivity contribution in [3.63, 3.8) is 0 Å². The third-order valence-electron chi connectivity index (χ3n) is 2.55. The van der Waals surface area contributed by atoms with Crippen molar-refractivity contribution >= 4 is 5.91 Å². The first kappa shape index (κ1) is 8.53. The monoisotopic (exact) mass is 156 g/mol. The maximum absolute atomic E-state index is 10.6. The van der Waals surface area contributed by atoms with Crippen molar-refractivity contribution in [2.75, 3.05) is 0 Å². The zero-order valence-corrected chi connectivity index (χ0v) is 6.97. The van der Waals surface area contributed by atoms with E-state index in [9.17, 15) is 4.79 Å². The van der Waals surface area contributed by atoms with Crippen molar-refractivity contribution in [1.29, 1.82) is 0 Å². The second-order valence-electron chi connectivity index (χ2n) is 3.50. The van der Waals surface area contributed by atoms with Crippen molar-refractivity contribution in [1.82, 2.24) is 0 Å². The molecule has 1 fully saturated rings. The lowest BCUT2D eigenvalue weighted by molar-refractivity contribution is -0.119. The normalized spacial score (nSPS) is 22.7. The predicted molar refractivity (Wildman–Crippen MR) is 43.7 cm³/mol. The largest absolute Gasteiger partial charge is 0.370 e. The molecular weight excluding hydrogens is 140 g/mol. The lowest BCUT2D eigenvalue weighted by atomic mass is 9.87. The van der Waals surface area contributed by atoms with Gasteiger partial charge in [-0.25, -0.2) is 0 Å². The summed E-state index contributed by atoms with van der Waals surface area (Å²) in [6.45, 7) is 2.02. The zero-order chi connectivity index (χ0) is 8.48. The summed E-state index contributed by atoms with van der Waals surface area (Å²) in [5.74, 6) is 0.265. The summed E-state index contributed by atoms with van der Waals surface area (Å²) in [7, 11) is 0. The first-order valence-electron chi connectivity index (χ1n) is 4.15. The van der Waals surface area contributed by atoms with Gasteiger partial charge in [-0.1, -0.05) is 6.92 Å². The Balaban J connectivity index is 2.51. The summed E-state index contributed by atoms with van der Waals surface area (Å²) in [5, 5.41) is 0. The average Bonchev–Trinajstić information content (AvgIpc) is 2.66. The Hall–Kier alpha value is -0.570. The topological polar surface area (TPSA) is 69.1 Å². The molecule has 3 nitrogen and oxygen atoms in total. The maximum atomic E-state index is 10.6. The van der Waals surface area contributed by atoms with Crippen LogP contribution in [0.5, 0.6) is 0 Å². The van der Waals surface area contributed by atoms with E-state index in [1.165, 1.54) is 0 Å². The smallest absolute Gasteiger partial charge is 0.219 e. The van der Waals surface area contributed by atoms with Gasteiger partial charge in [-0.15, -0.1) is 0 Å². The Morgan fingerprint density at radius 2 is 2.18 bits per heavy atom. The minimum Gasteiger partial charge on any atom is -0.370 e. The predicted octanol–water partition coefficient (Wildman–Crippen LogP) is 0.379. The van der Waals surface area contributed by atoms with Crippen LogP contribution in [0.1, 0.15) is 32.6 Å². The van der Waals surface area contributed by atoms with Crippen molar-refractivity contribution in [2.45, 2.75) is 38.1 Å². The van der Waals surface area contributed by atoms with Gasteiger partial charge in [0.1, 0.15) is 0 Å². The fraction of sp³-hybridized carbons (Fsp3) is 0.875. The van der Waals surface area contributed by atoms with E-state index in [2.05, 4.69) is 0 Å². The number of rotatable bonds is 4. The van der Waals surface area contributed by atoms with E-state index in [1.807, 2.05) is 6.92 Å². The number of hydrogen-bond donors (Lipinski definition) is 2. The minimum atomic E-state index is -0.300. The molecule has 0 aromatic carbocycles. The molecule has 3 heteroatoms. The molecule has 0 aromatic rings. The third-order valence-corrected chi connectivity index (χ3v) is 2.55. The van der Waals surface area contributed by atoms with E-state index in [0.717, 1.165) is 19.3 Å². The van der Waals surface area contributed by atoms with Crippen molar-refractivity contribution in [3.8, 4) is 0 Å². The Morgan fingerprint density at radius 3 is 2.45 bits per heavy atom. The van der Waals surface area contributed by atoms with Crippen LogP contribution in [0, 0.1) is 5.92 Å². The molecule has 0 bridgehead atoms. The lowest BCUT2D eigenvalue weighted by Crippen LogP contribution is -2.45. The van der Waals surface area contributed by atoms with Crippen molar-refractivity contribution in [2.24, 2.45) is 17.4 Å². The number of primary amides is 1. The fourth-order valence-corrected chi connectivity index (χ4v) is 1.54. The molecule has 1 amide bonds. The molecule has 1 saturated carbocycles. The summed E-state index contributed by atoms with van der Waals surface area (Å²) in [6, 6.07) is 0. The van der Waals surface area contributed by atoms with E-state index < -0.39 is 0 Å². The summed E-state index contributed by atoms with van der Waals surface area (Å²) in [5.41, 5.74) is 10.8. The molecule has 64 valence electrons. The Kier molecular flexibility index (Phi) is 2.18. The molecule has 1 unspecified atom stereocenters. The first-order valence-corrected chi connectivity index (χ1v) is 4.15.